The summed E-state index contributed by atoms with van der Waals surface area (Å²) in [6.45, 7) is 3.28. The summed E-state index contributed by atoms with van der Waals surface area (Å²) in [5.41, 5.74) is 1.96. The van der Waals surface area contributed by atoms with Gasteiger partial charge in [0.25, 0.3) is 5.56 Å². The standard InChI is InChI=1S/C23H21ClN2O2S/c1-16-20(17-9-11-18(24)12-10-17)21-22(29-16)25-15-26(23(21)27)13-5-6-14-28-19-7-3-2-4-8-19/h2-4,7-12,15H,5-6,13-14H2,1H3. The van der Waals surface area contributed by atoms with Crippen molar-refractivity contribution in [2.45, 2.75) is 26.3 Å². The molecule has 0 aliphatic carbocycles. The van der Waals surface area contributed by atoms with E-state index in [0.29, 0.717) is 23.6 Å². The van der Waals surface area contributed by atoms with Gasteiger partial charge in [-0.05, 0) is 49.6 Å². The molecule has 2 aromatic carbocycles. The molecule has 0 unspecified atom stereocenters. The Bertz CT molecular complexity index is 1170. The van der Waals surface area contributed by atoms with Gasteiger partial charge in [-0.25, -0.2) is 4.98 Å². The second-order valence-corrected chi connectivity index (χ2v) is 8.47. The van der Waals surface area contributed by atoms with Crippen LogP contribution in [-0.4, -0.2) is 16.2 Å². The van der Waals surface area contributed by atoms with Gasteiger partial charge in [0, 0.05) is 22.0 Å². The van der Waals surface area contributed by atoms with E-state index in [4.69, 9.17) is 16.3 Å². The third-order valence-electron chi connectivity index (χ3n) is 4.79. The van der Waals surface area contributed by atoms with Crippen molar-refractivity contribution in [2.75, 3.05) is 6.61 Å². The zero-order chi connectivity index (χ0) is 20.2. The van der Waals surface area contributed by atoms with E-state index in [1.165, 1.54) is 0 Å². The molecule has 0 bridgehead atoms. The number of halogens is 1. The fourth-order valence-corrected chi connectivity index (χ4v) is 4.48. The van der Waals surface area contributed by atoms with Crippen molar-refractivity contribution in [3.63, 3.8) is 0 Å². The molecule has 0 N–H and O–H groups in total. The Morgan fingerprint density at radius 3 is 2.59 bits per heavy atom. The quantitative estimate of drug-likeness (QED) is 0.344. The lowest BCUT2D eigenvalue weighted by atomic mass is 10.0. The maximum absolute atomic E-state index is 13.2. The minimum atomic E-state index is 0.00766. The molecule has 0 aliphatic rings. The molecule has 0 saturated heterocycles. The van der Waals surface area contributed by atoms with Crippen LogP contribution in [0.2, 0.25) is 5.02 Å². The van der Waals surface area contributed by atoms with Gasteiger partial charge in [-0.1, -0.05) is 41.9 Å². The zero-order valence-electron chi connectivity index (χ0n) is 16.1. The molecular formula is C23H21ClN2O2S. The fraction of sp³-hybridized carbons (Fsp3) is 0.217. The molecule has 6 heteroatoms. The van der Waals surface area contributed by atoms with Crippen LogP contribution in [0.1, 0.15) is 17.7 Å². The Balaban J connectivity index is 1.50. The Morgan fingerprint density at radius 1 is 1.07 bits per heavy atom. The van der Waals surface area contributed by atoms with Gasteiger partial charge in [-0.15, -0.1) is 11.3 Å². The predicted molar refractivity (Wildman–Crippen MR) is 120 cm³/mol. The molecule has 4 rings (SSSR count). The number of aryl methyl sites for hydroxylation is 2. The average molecular weight is 425 g/mol. The molecule has 4 nitrogen and oxygen atoms in total. The van der Waals surface area contributed by atoms with Crippen molar-refractivity contribution in [3.05, 3.63) is 81.2 Å². The lowest BCUT2D eigenvalue weighted by Crippen LogP contribution is -2.20. The summed E-state index contributed by atoms with van der Waals surface area (Å²) < 4.78 is 7.43. The highest BCUT2D eigenvalue weighted by molar-refractivity contribution is 7.19. The Labute approximate surface area is 178 Å². The van der Waals surface area contributed by atoms with Crippen molar-refractivity contribution >= 4 is 33.2 Å². The number of nitrogens with zero attached hydrogens (tertiary/aromatic N) is 2. The Hall–Kier alpha value is -2.63. The van der Waals surface area contributed by atoms with Gasteiger partial charge in [-0.3, -0.25) is 9.36 Å². The number of fused-ring (bicyclic) bond motifs is 1. The highest BCUT2D eigenvalue weighted by Crippen LogP contribution is 2.35. The molecule has 0 aliphatic heterocycles. The Kier molecular flexibility index (Phi) is 5.97. The second kappa shape index (κ2) is 8.80. The third kappa shape index (κ3) is 4.36. The van der Waals surface area contributed by atoms with Crippen LogP contribution in [0.3, 0.4) is 0 Å². The molecule has 29 heavy (non-hydrogen) atoms. The topological polar surface area (TPSA) is 44.1 Å². The number of para-hydroxylation sites is 1. The van der Waals surface area contributed by atoms with Crippen molar-refractivity contribution in [2.24, 2.45) is 0 Å². The molecular weight excluding hydrogens is 404 g/mol. The van der Waals surface area contributed by atoms with Crippen LogP contribution in [0.5, 0.6) is 5.75 Å². The first-order valence-corrected chi connectivity index (χ1v) is 10.8. The SMILES string of the molecule is Cc1sc2ncn(CCCCOc3ccccc3)c(=O)c2c1-c1ccc(Cl)cc1. The van der Waals surface area contributed by atoms with Crippen LogP contribution in [0.25, 0.3) is 21.3 Å². The highest BCUT2D eigenvalue weighted by Gasteiger charge is 2.16. The van der Waals surface area contributed by atoms with Crippen LogP contribution in [-0.2, 0) is 6.54 Å². The van der Waals surface area contributed by atoms with Gasteiger partial charge in [-0.2, -0.15) is 0 Å². The highest BCUT2D eigenvalue weighted by atomic mass is 35.5. The fourth-order valence-electron chi connectivity index (χ4n) is 3.35. The van der Waals surface area contributed by atoms with Crippen LogP contribution >= 0.6 is 22.9 Å². The molecule has 2 aromatic heterocycles. The minimum Gasteiger partial charge on any atom is -0.494 e. The molecule has 4 aromatic rings. The van der Waals surface area contributed by atoms with Gasteiger partial charge in [0.15, 0.2) is 0 Å². The van der Waals surface area contributed by atoms with Gasteiger partial charge in [0.1, 0.15) is 10.6 Å². The first kappa shape index (κ1) is 19.7. The van der Waals surface area contributed by atoms with E-state index in [-0.39, 0.29) is 5.56 Å². The number of hydrogen-bond donors (Lipinski definition) is 0. The van der Waals surface area contributed by atoms with E-state index in [2.05, 4.69) is 4.98 Å². The molecule has 0 radical (unpaired) electrons. The second-order valence-electron chi connectivity index (χ2n) is 6.83. The average Bonchev–Trinajstić information content (AvgIpc) is 3.07. The lowest BCUT2D eigenvalue weighted by Gasteiger charge is -2.08. The van der Waals surface area contributed by atoms with E-state index in [9.17, 15) is 4.79 Å². The van der Waals surface area contributed by atoms with Gasteiger partial charge >= 0.3 is 0 Å². The van der Waals surface area contributed by atoms with Gasteiger partial charge in [0.2, 0.25) is 0 Å². The Morgan fingerprint density at radius 2 is 1.83 bits per heavy atom. The normalized spacial score (nSPS) is 11.1. The van der Waals surface area contributed by atoms with Gasteiger partial charge < -0.3 is 4.74 Å². The smallest absolute Gasteiger partial charge is 0.262 e. The number of rotatable bonds is 7. The van der Waals surface area contributed by atoms with Gasteiger partial charge in [0.05, 0.1) is 18.3 Å². The summed E-state index contributed by atoms with van der Waals surface area (Å²) in [5.74, 6) is 0.870. The van der Waals surface area contributed by atoms with E-state index >= 15 is 0 Å². The molecule has 0 atom stereocenters. The summed E-state index contributed by atoms with van der Waals surface area (Å²) in [5, 5.41) is 1.37. The lowest BCUT2D eigenvalue weighted by molar-refractivity contribution is 0.303. The van der Waals surface area contributed by atoms with Crippen LogP contribution in [0.15, 0.2) is 65.7 Å². The summed E-state index contributed by atoms with van der Waals surface area (Å²) in [7, 11) is 0. The number of ether oxygens (including phenoxy) is 1. The van der Waals surface area contributed by atoms with Crippen molar-refractivity contribution in [1.29, 1.82) is 0 Å². The number of benzene rings is 2. The maximum atomic E-state index is 13.2. The zero-order valence-corrected chi connectivity index (χ0v) is 17.7. The molecule has 0 saturated carbocycles. The van der Waals surface area contributed by atoms with Crippen LogP contribution in [0, 0.1) is 6.92 Å². The first-order chi connectivity index (χ1) is 14.1. The summed E-state index contributed by atoms with van der Waals surface area (Å²) in [6, 6.07) is 17.4. The monoisotopic (exact) mass is 424 g/mol. The third-order valence-corrected chi connectivity index (χ3v) is 6.06. The van der Waals surface area contributed by atoms with E-state index in [1.54, 1.807) is 22.2 Å². The van der Waals surface area contributed by atoms with E-state index in [0.717, 1.165) is 39.4 Å². The summed E-state index contributed by atoms with van der Waals surface area (Å²) >= 11 is 7.58. The van der Waals surface area contributed by atoms with Crippen molar-refractivity contribution < 1.29 is 4.74 Å². The predicted octanol–water partition coefficient (Wildman–Crippen LogP) is 5.95. The first-order valence-electron chi connectivity index (χ1n) is 9.56. The largest absolute Gasteiger partial charge is 0.494 e. The number of hydrogen-bond acceptors (Lipinski definition) is 4. The summed E-state index contributed by atoms with van der Waals surface area (Å²) in [6.07, 6.45) is 3.37. The van der Waals surface area contributed by atoms with Crippen molar-refractivity contribution in [3.8, 4) is 16.9 Å². The maximum Gasteiger partial charge on any atom is 0.262 e. The minimum absolute atomic E-state index is 0.00766. The molecule has 0 amide bonds. The number of unbranched alkanes of at least 4 members (excludes halogenated alkanes) is 1. The number of thiophene rings is 1. The van der Waals surface area contributed by atoms with Crippen LogP contribution in [0.4, 0.5) is 0 Å². The summed E-state index contributed by atoms with van der Waals surface area (Å²) in [4.78, 5) is 19.6. The van der Waals surface area contributed by atoms with E-state index < -0.39 is 0 Å². The van der Waals surface area contributed by atoms with E-state index in [1.807, 2.05) is 61.5 Å². The van der Waals surface area contributed by atoms with Crippen molar-refractivity contribution in [1.82, 2.24) is 9.55 Å². The molecule has 0 fully saturated rings. The number of aromatic nitrogens is 2. The molecule has 0 spiro atoms. The molecule has 2 heterocycles. The molecule has 148 valence electrons. The van der Waals surface area contributed by atoms with Crippen LogP contribution < -0.4 is 10.3 Å².